The quantitative estimate of drug-likeness (QED) is 0.341. The molecule has 1 amide bonds. The minimum Gasteiger partial charge on any atom is -0.379 e. The van der Waals surface area contributed by atoms with Gasteiger partial charge in [0.25, 0.3) is 5.91 Å². The van der Waals surface area contributed by atoms with E-state index in [0.29, 0.717) is 13.1 Å². The number of nitrogens with zero attached hydrogens (tertiary/aromatic N) is 2. The third kappa shape index (κ3) is 7.85. The molecule has 1 aliphatic rings. The zero-order valence-corrected chi connectivity index (χ0v) is 15.7. The van der Waals surface area contributed by atoms with Gasteiger partial charge >= 0.3 is 0 Å². The molecular weight excluding hydrogens is 338 g/mol. The second kappa shape index (κ2) is 11.8. The smallest absolute Gasteiger partial charge is 0.261 e. The summed E-state index contributed by atoms with van der Waals surface area (Å²) in [7, 11) is 0. The topological polar surface area (TPSA) is 78.0 Å². The zero-order chi connectivity index (χ0) is 17.7. The summed E-state index contributed by atoms with van der Waals surface area (Å²) >= 11 is 1.46. The number of ether oxygens (including phenoxy) is 1. The van der Waals surface area contributed by atoms with Gasteiger partial charge in [0, 0.05) is 45.8 Å². The number of carbonyl (C=O) groups is 1. The Morgan fingerprint density at radius 2 is 2.12 bits per heavy atom. The molecule has 8 heteroatoms. The Morgan fingerprint density at radius 3 is 2.84 bits per heavy atom. The molecule has 140 valence electrons. The van der Waals surface area contributed by atoms with Crippen LogP contribution in [0.4, 0.5) is 0 Å². The van der Waals surface area contributed by atoms with Crippen LogP contribution in [0.3, 0.4) is 0 Å². The van der Waals surface area contributed by atoms with Crippen molar-refractivity contribution < 1.29 is 9.53 Å². The van der Waals surface area contributed by atoms with Crippen LogP contribution in [0.15, 0.2) is 22.5 Å². The van der Waals surface area contributed by atoms with Crippen molar-refractivity contribution in [2.24, 2.45) is 4.99 Å². The van der Waals surface area contributed by atoms with Gasteiger partial charge in [-0.15, -0.1) is 11.3 Å². The van der Waals surface area contributed by atoms with Crippen LogP contribution in [0, 0.1) is 0 Å². The summed E-state index contributed by atoms with van der Waals surface area (Å²) in [5, 5.41) is 11.4. The molecule has 2 heterocycles. The van der Waals surface area contributed by atoms with E-state index in [0.717, 1.165) is 63.2 Å². The van der Waals surface area contributed by atoms with Gasteiger partial charge in [0.1, 0.15) is 0 Å². The van der Waals surface area contributed by atoms with Gasteiger partial charge in [-0.1, -0.05) is 6.07 Å². The fourth-order valence-corrected chi connectivity index (χ4v) is 3.11. The molecule has 1 fully saturated rings. The molecule has 2 rings (SSSR count). The molecule has 0 atom stereocenters. The molecule has 0 unspecified atom stereocenters. The standard InChI is InChI=1S/C17H29N5O2S/c1-2-18-17(21-8-9-22-10-12-24-13-11-22)20-7-4-6-19-16(23)15-5-3-14-25-15/h3,5,14H,2,4,6-13H2,1H3,(H,19,23)(H2,18,20,21). The van der Waals surface area contributed by atoms with Gasteiger partial charge in [0.05, 0.1) is 18.1 Å². The van der Waals surface area contributed by atoms with Crippen LogP contribution < -0.4 is 16.0 Å². The molecule has 1 saturated heterocycles. The van der Waals surface area contributed by atoms with E-state index in [4.69, 9.17) is 4.74 Å². The molecule has 0 spiro atoms. The van der Waals surface area contributed by atoms with Gasteiger partial charge in [-0.2, -0.15) is 0 Å². The summed E-state index contributed by atoms with van der Waals surface area (Å²) in [6.07, 6.45) is 0.817. The van der Waals surface area contributed by atoms with E-state index in [9.17, 15) is 4.79 Å². The molecule has 0 bridgehead atoms. The molecular formula is C17H29N5O2S. The van der Waals surface area contributed by atoms with Crippen LogP contribution in [0.25, 0.3) is 0 Å². The lowest BCUT2D eigenvalue weighted by Gasteiger charge is -2.26. The maximum Gasteiger partial charge on any atom is 0.261 e. The molecule has 0 saturated carbocycles. The van der Waals surface area contributed by atoms with Gasteiger partial charge in [-0.3, -0.25) is 14.7 Å². The van der Waals surface area contributed by atoms with Gasteiger partial charge in [0.15, 0.2) is 5.96 Å². The second-order valence-electron chi connectivity index (χ2n) is 5.73. The Labute approximate surface area is 153 Å². The first kappa shape index (κ1) is 19.7. The average molecular weight is 368 g/mol. The Kier molecular flexibility index (Phi) is 9.32. The lowest BCUT2D eigenvalue weighted by Crippen LogP contribution is -2.44. The number of hydrogen-bond donors (Lipinski definition) is 3. The second-order valence-corrected chi connectivity index (χ2v) is 6.68. The highest BCUT2D eigenvalue weighted by Gasteiger charge is 2.09. The van der Waals surface area contributed by atoms with Gasteiger partial charge in [0.2, 0.25) is 0 Å². The number of nitrogens with one attached hydrogen (secondary N) is 3. The molecule has 1 aromatic rings. The molecule has 1 aliphatic heterocycles. The van der Waals surface area contributed by atoms with E-state index in [1.807, 2.05) is 17.5 Å². The van der Waals surface area contributed by atoms with Crippen LogP contribution in [0.2, 0.25) is 0 Å². The third-order valence-corrected chi connectivity index (χ3v) is 4.67. The number of guanidine groups is 1. The van der Waals surface area contributed by atoms with Gasteiger partial charge in [-0.05, 0) is 24.8 Å². The van der Waals surface area contributed by atoms with Crippen molar-refractivity contribution in [3.8, 4) is 0 Å². The van der Waals surface area contributed by atoms with Crippen molar-refractivity contribution in [1.82, 2.24) is 20.9 Å². The molecule has 25 heavy (non-hydrogen) atoms. The fraction of sp³-hybridized carbons (Fsp3) is 0.647. The first-order chi connectivity index (χ1) is 12.3. The summed E-state index contributed by atoms with van der Waals surface area (Å²) in [5.74, 6) is 0.829. The van der Waals surface area contributed by atoms with Gasteiger partial charge in [-0.25, -0.2) is 0 Å². The molecule has 0 aliphatic carbocycles. The van der Waals surface area contributed by atoms with Crippen molar-refractivity contribution in [2.75, 3.05) is 59.0 Å². The van der Waals surface area contributed by atoms with E-state index >= 15 is 0 Å². The number of amides is 1. The van der Waals surface area contributed by atoms with Crippen molar-refractivity contribution in [2.45, 2.75) is 13.3 Å². The molecule has 3 N–H and O–H groups in total. The Hall–Kier alpha value is -1.64. The Balaban J connectivity index is 1.60. The van der Waals surface area contributed by atoms with Crippen LogP contribution in [0.5, 0.6) is 0 Å². The lowest BCUT2D eigenvalue weighted by molar-refractivity contribution is 0.0389. The van der Waals surface area contributed by atoms with Crippen LogP contribution in [-0.2, 0) is 4.74 Å². The first-order valence-electron chi connectivity index (χ1n) is 8.93. The zero-order valence-electron chi connectivity index (χ0n) is 14.9. The van der Waals surface area contributed by atoms with Crippen molar-refractivity contribution >= 4 is 23.2 Å². The molecule has 1 aromatic heterocycles. The molecule has 0 radical (unpaired) electrons. The third-order valence-electron chi connectivity index (χ3n) is 3.80. The molecule has 0 aromatic carbocycles. The Morgan fingerprint density at radius 1 is 1.28 bits per heavy atom. The summed E-state index contributed by atoms with van der Waals surface area (Å²) in [4.78, 5) is 19.5. The predicted octanol–water partition coefficient (Wildman–Crippen LogP) is 0.755. The average Bonchev–Trinajstić information content (AvgIpc) is 3.17. The fourth-order valence-electron chi connectivity index (χ4n) is 2.47. The van der Waals surface area contributed by atoms with Crippen molar-refractivity contribution in [3.05, 3.63) is 22.4 Å². The monoisotopic (exact) mass is 367 g/mol. The predicted molar refractivity (Wildman–Crippen MR) is 103 cm³/mol. The number of thiophene rings is 1. The normalized spacial score (nSPS) is 15.8. The minimum absolute atomic E-state index is 0.00507. The maximum absolute atomic E-state index is 11.8. The van der Waals surface area contributed by atoms with Crippen molar-refractivity contribution in [1.29, 1.82) is 0 Å². The van der Waals surface area contributed by atoms with Gasteiger partial charge < -0.3 is 20.7 Å². The highest BCUT2D eigenvalue weighted by Crippen LogP contribution is 2.07. The first-order valence-corrected chi connectivity index (χ1v) is 9.81. The maximum atomic E-state index is 11.8. The Bertz CT molecular complexity index is 515. The van der Waals surface area contributed by atoms with E-state index in [-0.39, 0.29) is 5.91 Å². The number of rotatable bonds is 9. The van der Waals surface area contributed by atoms with Crippen LogP contribution >= 0.6 is 11.3 Å². The summed E-state index contributed by atoms with van der Waals surface area (Å²) in [6, 6.07) is 3.72. The molecule has 7 nitrogen and oxygen atoms in total. The van der Waals surface area contributed by atoms with Crippen LogP contribution in [-0.4, -0.2) is 75.8 Å². The number of carbonyl (C=O) groups excluding carboxylic acids is 1. The van der Waals surface area contributed by atoms with Crippen LogP contribution in [0.1, 0.15) is 23.0 Å². The summed E-state index contributed by atoms with van der Waals surface area (Å²) < 4.78 is 5.35. The number of morpholine rings is 1. The summed E-state index contributed by atoms with van der Waals surface area (Å²) in [5.41, 5.74) is 0. The van der Waals surface area contributed by atoms with E-state index in [1.54, 1.807) is 0 Å². The van der Waals surface area contributed by atoms with E-state index in [2.05, 4.69) is 32.8 Å². The highest BCUT2D eigenvalue weighted by atomic mass is 32.1. The van der Waals surface area contributed by atoms with E-state index < -0.39 is 0 Å². The number of hydrogen-bond acceptors (Lipinski definition) is 5. The lowest BCUT2D eigenvalue weighted by atomic mass is 10.4. The highest BCUT2D eigenvalue weighted by molar-refractivity contribution is 7.12. The number of aliphatic imine (C=N–C) groups is 1. The minimum atomic E-state index is -0.00507. The van der Waals surface area contributed by atoms with Crippen molar-refractivity contribution in [3.63, 3.8) is 0 Å². The summed E-state index contributed by atoms with van der Waals surface area (Å²) in [6.45, 7) is 9.70. The van der Waals surface area contributed by atoms with E-state index in [1.165, 1.54) is 11.3 Å². The largest absolute Gasteiger partial charge is 0.379 e. The SMILES string of the molecule is CCNC(=NCCCNC(=O)c1cccs1)NCCN1CCOCC1.